The highest BCUT2D eigenvalue weighted by Crippen LogP contribution is 2.66. The number of imidazole rings is 1. The predicted molar refractivity (Wildman–Crippen MR) is 103 cm³/mol. The summed E-state index contributed by atoms with van der Waals surface area (Å²) in [6.07, 6.45) is -4.18. The van der Waals surface area contributed by atoms with Gasteiger partial charge >= 0.3 is 23.5 Å². The number of anilines is 2. The molecular formula is C11H18FN6O12P3. The number of ether oxygens (including phenoxy) is 1. The Morgan fingerprint density at radius 3 is 2.42 bits per heavy atom. The number of fused-ring (bicyclic) bond motifs is 1. The molecule has 2 aromatic heterocycles. The fourth-order valence-electron chi connectivity index (χ4n) is 2.95. The van der Waals surface area contributed by atoms with Crippen LogP contribution in [0.2, 0.25) is 0 Å². The first-order valence-corrected chi connectivity index (χ1v) is 13.0. The van der Waals surface area contributed by atoms with Gasteiger partial charge in [-0.2, -0.15) is 18.6 Å². The largest absolute Gasteiger partial charge is 0.490 e. The van der Waals surface area contributed by atoms with Crippen molar-refractivity contribution < 1.29 is 60.6 Å². The maximum absolute atomic E-state index is 15.3. The molecule has 1 aliphatic heterocycles. The maximum atomic E-state index is 15.3. The molecule has 0 aliphatic carbocycles. The van der Waals surface area contributed by atoms with Crippen LogP contribution < -0.4 is 11.5 Å². The van der Waals surface area contributed by atoms with Gasteiger partial charge in [0.1, 0.15) is 17.7 Å². The molecule has 0 aromatic carbocycles. The van der Waals surface area contributed by atoms with E-state index in [4.69, 9.17) is 30.9 Å². The van der Waals surface area contributed by atoms with E-state index in [0.29, 0.717) is 0 Å². The summed E-state index contributed by atoms with van der Waals surface area (Å²) in [6.45, 7) is -0.139. The van der Waals surface area contributed by atoms with Crippen molar-refractivity contribution in [2.45, 2.75) is 31.0 Å². The summed E-state index contributed by atoms with van der Waals surface area (Å²) in [5.74, 6) is -0.371. The number of aliphatic hydroxyl groups is 1. The molecule has 1 fully saturated rings. The molecule has 0 amide bonds. The van der Waals surface area contributed by atoms with Crippen molar-refractivity contribution in [1.29, 1.82) is 0 Å². The molecule has 0 radical (unpaired) electrons. The predicted octanol–water partition coefficient (Wildman–Crippen LogP) is -0.680. The Hall–Kier alpha value is -1.59. The van der Waals surface area contributed by atoms with E-state index in [0.717, 1.165) is 17.8 Å². The van der Waals surface area contributed by atoms with Crippen molar-refractivity contribution in [3.8, 4) is 0 Å². The van der Waals surface area contributed by atoms with Crippen LogP contribution in [-0.4, -0.2) is 68.7 Å². The number of phosphoric ester groups is 1. The van der Waals surface area contributed by atoms with Gasteiger partial charge in [0.25, 0.3) is 0 Å². The third-order valence-corrected chi connectivity index (χ3v) is 8.06. The minimum Gasteiger partial charge on any atom is -0.387 e. The van der Waals surface area contributed by atoms with Crippen molar-refractivity contribution in [2.75, 3.05) is 18.1 Å². The molecule has 2 unspecified atom stereocenters. The van der Waals surface area contributed by atoms with E-state index < -0.39 is 54.2 Å². The van der Waals surface area contributed by atoms with Crippen molar-refractivity contribution in [2.24, 2.45) is 0 Å². The SMILES string of the molecule is C[C@@]1(F)[C@H](O)[C@@H](COP(=O)(O)OP(=O)(O)OP(=O)(O)O)O[C@H]1n1cnc2c(N)nc(N)nc21. The number of rotatable bonds is 8. The molecule has 33 heavy (non-hydrogen) atoms. The van der Waals surface area contributed by atoms with Crippen LogP contribution in [0.4, 0.5) is 16.2 Å². The summed E-state index contributed by atoms with van der Waals surface area (Å²) in [4.78, 5) is 47.2. The van der Waals surface area contributed by atoms with Crippen molar-refractivity contribution in [1.82, 2.24) is 19.5 Å². The van der Waals surface area contributed by atoms with Crippen LogP contribution in [0.15, 0.2) is 6.33 Å². The van der Waals surface area contributed by atoms with Crippen molar-refractivity contribution in [3.05, 3.63) is 6.33 Å². The Balaban J connectivity index is 1.77. The average molecular weight is 538 g/mol. The highest BCUT2D eigenvalue weighted by atomic mass is 31.3. The van der Waals surface area contributed by atoms with Gasteiger partial charge in [0.15, 0.2) is 23.4 Å². The summed E-state index contributed by atoms with van der Waals surface area (Å²) in [5.41, 5.74) is 8.67. The number of hydrogen-bond acceptors (Lipinski definition) is 13. The lowest BCUT2D eigenvalue weighted by Crippen LogP contribution is -2.40. The summed E-state index contributed by atoms with van der Waals surface area (Å²) < 4.78 is 67.2. The number of alkyl halides is 1. The van der Waals surface area contributed by atoms with Crippen LogP contribution >= 0.6 is 23.5 Å². The zero-order valence-corrected chi connectivity index (χ0v) is 19.0. The summed E-state index contributed by atoms with van der Waals surface area (Å²) in [6, 6.07) is 0. The first-order chi connectivity index (χ1) is 14.9. The molecule has 3 rings (SSSR count). The fraction of sp³-hybridized carbons (Fsp3) is 0.545. The zero-order chi connectivity index (χ0) is 25.0. The van der Waals surface area contributed by atoms with Crippen LogP contribution in [-0.2, 0) is 31.6 Å². The van der Waals surface area contributed by atoms with Crippen LogP contribution in [0.3, 0.4) is 0 Å². The molecule has 3 heterocycles. The second-order valence-corrected chi connectivity index (χ2v) is 11.2. The summed E-state index contributed by atoms with van der Waals surface area (Å²) >= 11 is 0. The number of nitrogens with zero attached hydrogens (tertiary/aromatic N) is 4. The normalized spacial score (nSPS) is 29.7. The number of hydrogen-bond donors (Lipinski definition) is 7. The summed E-state index contributed by atoms with van der Waals surface area (Å²) in [7, 11) is -16.9. The smallest absolute Gasteiger partial charge is 0.387 e. The maximum Gasteiger partial charge on any atom is 0.490 e. The topological polar surface area (TPSA) is 285 Å². The van der Waals surface area contributed by atoms with Gasteiger partial charge in [-0.1, -0.05) is 0 Å². The second kappa shape index (κ2) is 8.57. The van der Waals surface area contributed by atoms with E-state index in [1.54, 1.807) is 0 Å². The number of nitrogen functional groups attached to an aromatic ring is 2. The molecule has 22 heteroatoms. The van der Waals surface area contributed by atoms with Gasteiger partial charge in [-0.3, -0.25) is 9.09 Å². The zero-order valence-electron chi connectivity index (χ0n) is 16.3. The van der Waals surface area contributed by atoms with Gasteiger partial charge in [-0.15, -0.1) is 0 Å². The average Bonchev–Trinajstić information content (AvgIpc) is 3.10. The van der Waals surface area contributed by atoms with E-state index in [1.165, 1.54) is 0 Å². The Morgan fingerprint density at radius 2 is 1.82 bits per heavy atom. The van der Waals surface area contributed by atoms with E-state index in [-0.39, 0.29) is 22.9 Å². The Labute approximate surface area is 182 Å². The number of halogens is 1. The third kappa shape index (κ3) is 5.74. The number of nitrogens with two attached hydrogens (primary N) is 2. The molecule has 0 bridgehead atoms. The molecule has 1 aliphatic rings. The first kappa shape index (κ1) is 26.0. The van der Waals surface area contributed by atoms with E-state index >= 15 is 4.39 Å². The highest BCUT2D eigenvalue weighted by Gasteiger charge is 2.56. The van der Waals surface area contributed by atoms with E-state index in [1.807, 2.05) is 0 Å². The minimum atomic E-state index is -5.76. The van der Waals surface area contributed by atoms with Gasteiger partial charge < -0.3 is 40.9 Å². The number of aliphatic hydroxyl groups excluding tert-OH is 1. The molecule has 186 valence electrons. The molecule has 0 spiro atoms. The number of phosphoric acid groups is 3. The standard InChI is InChI=1S/C11H18FN6O12P3/c1-11(12)6(19)4(2-27-32(23,24)30-33(25,26)29-31(20,21)22)28-9(11)18-3-15-5-7(13)16-10(14)17-8(5)18/h3-4,6,9,19H,2H2,1H3,(H,23,24)(H,25,26)(H2,20,21,22)(H4,13,14,16,17)/t4-,6-,9-,11-/m1/s1. The minimum absolute atomic E-state index is 0.0467. The summed E-state index contributed by atoms with van der Waals surface area (Å²) in [5, 5.41) is 10.3. The van der Waals surface area contributed by atoms with Gasteiger partial charge in [0.2, 0.25) is 5.95 Å². The van der Waals surface area contributed by atoms with Crippen molar-refractivity contribution in [3.63, 3.8) is 0 Å². The van der Waals surface area contributed by atoms with Gasteiger partial charge in [0.05, 0.1) is 12.9 Å². The lowest BCUT2D eigenvalue weighted by molar-refractivity contribution is -0.0560. The number of aromatic nitrogens is 4. The van der Waals surface area contributed by atoms with Crippen LogP contribution in [0.1, 0.15) is 13.2 Å². The highest BCUT2D eigenvalue weighted by molar-refractivity contribution is 7.66. The van der Waals surface area contributed by atoms with Gasteiger partial charge in [0, 0.05) is 0 Å². The van der Waals surface area contributed by atoms with E-state index in [9.17, 15) is 23.7 Å². The molecular weight excluding hydrogens is 520 g/mol. The third-order valence-electron chi connectivity index (χ3n) is 4.25. The molecule has 1 saturated heterocycles. The molecule has 2 aromatic rings. The monoisotopic (exact) mass is 538 g/mol. The van der Waals surface area contributed by atoms with Crippen LogP contribution in [0.5, 0.6) is 0 Å². The van der Waals surface area contributed by atoms with Gasteiger partial charge in [-0.05, 0) is 6.92 Å². The second-order valence-electron chi connectivity index (χ2n) is 6.80. The lowest BCUT2D eigenvalue weighted by atomic mass is 9.98. The Kier molecular flexibility index (Phi) is 6.76. The first-order valence-electron chi connectivity index (χ1n) is 8.48. The van der Waals surface area contributed by atoms with Gasteiger partial charge in [-0.25, -0.2) is 23.1 Å². The molecule has 6 atom stereocenters. The van der Waals surface area contributed by atoms with Crippen LogP contribution in [0.25, 0.3) is 11.2 Å². The van der Waals surface area contributed by atoms with Crippen molar-refractivity contribution >= 4 is 46.4 Å². The fourth-order valence-corrected chi connectivity index (χ4v) is 5.98. The van der Waals surface area contributed by atoms with Crippen LogP contribution in [0, 0.1) is 0 Å². The van der Waals surface area contributed by atoms with E-state index in [2.05, 4.69) is 28.1 Å². The Morgan fingerprint density at radius 1 is 1.18 bits per heavy atom. The quantitative estimate of drug-likeness (QED) is 0.205. The molecule has 18 nitrogen and oxygen atoms in total. The molecule has 0 saturated carbocycles. The molecule has 9 N–H and O–H groups in total. The lowest BCUT2D eigenvalue weighted by Gasteiger charge is -2.24. The Bertz CT molecular complexity index is 1200.